The molecule has 0 bridgehead atoms. The lowest BCUT2D eigenvalue weighted by Crippen LogP contribution is -2.21. The highest BCUT2D eigenvalue weighted by Crippen LogP contribution is 2.21. The molecule has 13 heavy (non-hydrogen) atoms. The number of benzene rings is 1. The minimum absolute atomic E-state index is 0. The van der Waals surface area contributed by atoms with Crippen molar-refractivity contribution in [3.05, 3.63) is 34.6 Å². The number of hydrogen-bond donors (Lipinski definition) is 2. The Bertz CT molecular complexity index is 281. The second-order valence-electron chi connectivity index (χ2n) is 2.51. The summed E-state index contributed by atoms with van der Waals surface area (Å²) in [7, 11) is 0. The molecule has 0 saturated carbocycles. The van der Waals surface area contributed by atoms with Gasteiger partial charge in [0.2, 0.25) is 0 Å². The zero-order valence-corrected chi connectivity index (χ0v) is 8.41. The highest BCUT2D eigenvalue weighted by atomic mass is 35.5. The van der Waals surface area contributed by atoms with Crippen molar-refractivity contribution in [2.75, 3.05) is 6.54 Å². The van der Waals surface area contributed by atoms with Gasteiger partial charge in [-0.15, -0.1) is 12.4 Å². The minimum Gasteiger partial charge on any atom is -0.329 e. The molecule has 0 heterocycles. The summed E-state index contributed by atoms with van der Waals surface area (Å²) in [5.74, 6) is -0.368. The third kappa shape index (κ3) is 3.12. The van der Waals surface area contributed by atoms with Crippen molar-refractivity contribution < 1.29 is 4.39 Å². The van der Waals surface area contributed by atoms with Crippen LogP contribution in [0.3, 0.4) is 0 Å². The maximum atomic E-state index is 12.6. The number of nitrogens with two attached hydrogens (primary N) is 2. The van der Waals surface area contributed by atoms with Gasteiger partial charge in [-0.05, 0) is 17.7 Å². The zero-order chi connectivity index (χ0) is 9.14. The fourth-order valence-electron chi connectivity index (χ4n) is 0.929. The molecule has 0 spiro atoms. The monoisotopic (exact) mass is 224 g/mol. The van der Waals surface area contributed by atoms with E-state index in [2.05, 4.69) is 0 Å². The first-order valence-corrected chi connectivity index (χ1v) is 3.93. The molecule has 1 atom stereocenters. The van der Waals surface area contributed by atoms with Crippen LogP contribution in [-0.2, 0) is 0 Å². The van der Waals surface area contributed by atoms with Gasteiger partial charge in [0.25, 0.3) is 0 Å². The van der Waals surface area contributed by atoms with Crippen molar-refractivity contribution in [1.29, 1.82) is 0 Å². The van der Waals surface area contributed by atoms with Crippen LogP contribution < -0.4 is 11.5 Å². The third-order valence-corrected chi connectivity index (χ3v) is 1.94. The van der Waals surface area contributed by atoms with Crippen molar-refractivity contribution in [2.24, 2.45) is 11.5 Å². The van der Waals surface area contributed by atoms with Crippen LogP contribution in [-0.4, -0.2) is 6.54 Å². The van der Waals surface area contributed by atoms with Gasteiger partial charge in [-0.25, -0.2) is 4.39 Å². The summed E-state index contributed by atoms with van der Waals surface area (Å²) >= 11 is 5.73. The van der Waals surface area contributed by atoms with Crippen molar-refractivity contribution >= 4 is 24.0 Å². The molecule has 0 amide bonds. The molecule has 0 fully saturated rings. The predicted molar refractivity (Wildman–Crippen MR) is 54.6 cm³/mol. The van der Waals surface area contributed by atoms with Crippen LogP contribution >= 0.6 is 24.0 Å². The lowest BCUT2D eigenvalue weighted by molar-refractivity contribution is 0.625. The van der Waals surface area contributed by atoms with Gasteiger partial charge >= 0.3 is 0 Å². The van der Waals surface area contributed by atoms with E-state index in [1.807, 2.05) is 0 Å². The normalized spacial score (nSPS) is 12.0. The van der Waals surface area contributed by atoms with Crippen molar-refractivity contribution in [1.82, 2.24) is 0 Å². The molecule has 0 aliphatic heterocycles. The molecule has 0 aliphatic carbocycles. The first kappa shape index (κ1) is 12.7. The van der Waals surface area contributed by atoms with Crippen LogP contribution in [0, 0.1) is 5.82 Å². The quantitative estimate of drug-likeness (QED) is 0.807. The van der Waals surface area contributed by atoms with E-state index in [9.17, 15) is 4.39 Å². The molecule has 0 radical (unpaired) electrons. The third-order valence-electron chi connectivity index (χ3n) is 1.62. The van der Waals surface area contributed by atoms with Gasteiger partial charge in [0, 0.05) is 17.6 Å². The average Bonchev–Trinajstić information content (AvgIpc) is 2.03. The molecular formula is C8H11Cl2FN2. The summed E-state index contributed by atoms with van der Waals surface area (Å²) in [5.41, 5.74) is 11.6. The highest BCUT2D eigenvalue weighted by molar-refractivity contribution is 6.31. The van der Waals surface area contributed by atoms with Gasteiger partial charge in [0.1, 0.15) is 5.82 Å². The van der Waals surface area contributed by atoms with Gasteiger partial charge < -0.3 is 11.5 Å². The average molecular weight is 225 g/mol. The fourth-order valence-corrected chi connectivity index (χ4v) is 1.24. The Morgan fingerprint density at radius 2 is 2.08 bits per heavy atom. The SMILES string of the molecule is Cl.NC[C@@H](N)c1ccc(F)cc1Cl. The van der Waals surface area contributed by atoms with Gasteiger partial charge in [0.15, 0.2) is 0 Å². The molecule has 74 valence electrons. The summed E-state index contributed by atoms with van der Waals surface area (Å²) in [4.78, 5) is 0. The van der Waals surface area contributed by atoms with E-state index in [1.54, 1.807) is 6.07 Å². The van der Waals surface area contributed by atoms with E-state index in [1.165, 1.54) is 12.1 Å². The van der Waals surface area contributed by atoms with Gasteiger partial charge in [0.05, 0.1) is 0 Å². The predicted octanol–water partition coefficient (Wildman–Crippen LogP) is 1.86. The van der Waals surface area contributed by atoms with Crippen molar-refractivity contribution in [2.45, 2.75) is 6.04 Å². The van der Waals surface area contributed by atoms with Gasteiger partial charge in [-0.1, -0.05) is 17.7 Å². The summed E-state index contributed by atoms with van der Waals surface area (Å²) in [5, 5.41) is 0.327. The molecule has 5 heteroatoms. The zero-order valence-electron chi connectivity index (χ0n) is 6.84. The number of rotatable bonds is 2. The molecular weight excluding hydrogens is 214 g/mol. The maximum Gasteiger partial charge on any atom is 0.124 e. The van der Waals surface area contributed by atoms with Crippen LogP contribution in [0.25, 0.3) is 0 Å². The highest BCUT2D eigenvalue weighted by Gasteiger charge is 2.08. The Balaban J connectivity index is 0.00000144. The van der Waals surface area contributed by atoms with Crippen LogP contribution in [0.4, 0.5) is 4.39 Å². The molecule has 0 unspecified atom stereocenters. The smallest absolute Gasteiger partial charge is 0.124 e. The van der Waals surface area contributed by atoms with Gasteiger partial charge in [-0.2, -0.15) is 0 Å². The summed E-state index contributed by atoms with van der Waals surface area (Å²) in [6.07, 6.45) is 0. The molecule has 0 saturated heterocycles. The van der Waals surface area contributed by atoms with Crippen molar-refractivity contribution in [3.8, 4) is 0 Å². The summed E-state index contributed by atoms with van der Waals surface area (Å²) < 4.78 is 12.6. The largest absolute Gasteiger partial charge is 0.329 e. The molecule has 4 N–H and O–H groups in total. The van der Waals surface area contributed by atoms with E-state index in [0.717, 1.165) is 0 Å². The Morgan fingerprint density at radius 1 is 1.46 bits per heavy atom. The maximum absolute atomic E-state index is 12.6. The Labute approximate surface area is 87.5 Å². The topological polar surface area (TPSA) is 52.0 Å². The molecule has 1 aromatic rings. The number of hydrogen-bond acceptors (Lipinski definition) is 2. The van der Waals surface area contributed by atoms with E-state index in [4.69, 9.17) is 23.1 Å². The van der Waals surface area contributed by atoms with Gasteiger partial charge in [-0.3, -0.25) is 0 Å². The van der Waals surface area contributed by atoms with E-state index < -0.39 is 0 Å². The number of halogens is 3. The second kappa shape index (κ2) is 5.40. The molecule has 1 aromatic carbocycles. The van der Waals surface area contributed by atoms with Crippen molar-refractivity contribution in [3.63, 3.8) is 0 Å². The van der Waals surface area contributed by atoms with E-state index in [0.29, 0.717) is 17.1 Å². The summed E-state index contributed by atoms with van der Waals surface area (Å²) in [6, 6.07) is 3.77. The van der Waals surface area contributed by atoms with E-state index >= 15 is 0 Å². The lowest BCUT2D eigenvalue weighted by atomic mass is 10.1. The Morgan fingerprint density at radius 3 is 2.54 bits per heavy atom. The molecule has 1 rings (SSSR count). The standard InChI is InChI=1S/C8H10ClFN2.ClH/c9-7-3-5(10)1-2-6(7)8(12)4-11;/h1-3,8H,4,11-12H2;1H/t8-;/m1./s1. The van der Waals surface area contributed by atoms with Crippen LogP contribution in [0.2, 0.25) is 5.02 Å². The molecule has 2 nitrogen and oxygen atoms in total. The molecule has 0 aromatic heterocycles. The van der Waals surface area contributed by atoms with Crippen LogP contribution in [0.5, 0.6) is 0 Å². The van der Waals surface area contributed by atoms with E-state index in [-0.39, 0.29) is 24.3 Å². The minimum atomic E-state index is -0.368. The first-order valence-electron chi connectivity index (χ1n) is 3.55. The Kier molecular flexibility index (Phi) is 5.25. The fraction of sp³-hybridized carbons (Fsp3) is 0.250. The van der Waals surface area contributed by atoms with Crippen LogP contribution in [0.1, 0.15) is 11.6 Å². The molecule has 0 aliphatic rings. The summed E-state index contributed by atoms with van der Waals surface area (Å²) in [6.45, 7) is 0.297. The second-order valence-corrected chi connectivity index (χ2v) is 2.92. The van der Waals surface area contributed by atoms with Crippen LogP contribution in [0.15, 0.2) is 18.2 Å². The first-order chi connectivity index (χ1) is 5.65. The lowest BCUT2D eigenvalue weighted by Gasteiger charge is -2.10. The Hall–Kier alpha value is -0.350.